The molecule has 2 aromatic rings. The highest BCUT2D eigenvalue weighted by Gasteiger charge is 2.02. The average molecular weight is 209 g/mol. The maximum atomic E-state index is 11.4. The molecule has 0 radical (unpaired) electrons. The molecule has 0 saturated carbocycles. The number of fused-ring (bicyclic) bond motifs is 1. The Hall–Kier alpha value is -1.20. The zero-order valence-electron chi connectivity index (χ0n) is 7.86. The number of hydrogen-bond donors (Lipinski definition) is 1. The quantitative estimate of drug-likeness (QED) is 0.801. The van der Waals surface area contributed by atoms with Gasteiger partial charge in [-0.1, -0.05) is 0 Å². The third-order valence-corrected chi connectivity index (χ3v) is 3.02. The van der Waals surface area contributed by atoms with Crippen LogP contribution in [0.4, 0.5) is 0 Å². The van der Waals surface area contributed by atoms with Crippen LogP contribution < -0.4 is 10.9 Å². The summed E-state index contributed by atoms with van der Waals surface area (Å²) in [7, 11) is 1.91. The van der Waals surface area contributed by atoms with E-state index in [4.69, 9.17) is 0 Å². The van der Waals surface area contributed by atoms with Gasteiger partial charge in [0.2, 0.25) is 0 Å². The lowest BCUT2D eigenvalue weighted by Crippen LogP contribution is -2.11. The average Bonchev–Trinajstić information content (AvgIpc) is 2.59. The van der Waals surface area contributed by atoms with Crippen molar-refractivity contribution in [2.45, 2.75) is 6.42 Å². The fourth-order valence-corrected chi connectivity index (χ4v) is 2.20. The van der Waals surface area contributed by atoms with E-state index in [1.165, 1.54) is 10.9 Å². The van der Waals surface area contributed by atoms with E-state index in [-0.39, 0.29) is 5.56 Å². The summed E-state index contributed by atoms with van der Waals surface area (Å²) in [6, 6.07) is 1.47. The van der Waals surface area contributed by atoms with Crippen molar-refractivity contribution in [1.82, 2.24) is 14.7 Å². The summed E-state index contributed by atoms with van der Waals surface area (Å²) in [6.07, 6.45) is 4.35. The smallest absolute Gasteiger partial charge is 0.258 e. The van der Waals surface area contributed by atoms with E-state index < -0.39 is 0 Å². The molecular formula is C9H11N3OS. The fraction of sp³-hybridized carbons (Fsp3) is 0.333. The second-order valence-electron chi connectivity index (χ2n) is 2.99. The first kappa shape index (κ1) is 9.36. The molecule has 0 atom stereocenters. The summed E-state index contributed by atoms with van der Waals surface area (Å²) in [4.78, 5) is 17.5. The molecule has 2 rings (SSSR count). The normalized spacial score (nSPS) is 10.9. The Morgan fingerprint density at radius 3 is 3.21 bits per heavy atom. The van der Waals surface area contributed by atoms with Gasteiger partial charge in [0.05, 0.1) is 0 Å². The number of nitrogens with zero attached hydrogens (tertiary/aromatic N) is 2. The summed E-state index contributed by atoms with van der Waals surface area (Å²) in [5.41, 5.74) is -0.0121. The van der Waals surface area contributed by atoms with Crippen molar-refractivity contribution in [1.29, 1.82) is 0 Å². The van der Waals surface area contributed by atoms with Crippen LogP contribution in [0, 0.1) is 0 Å². The first-order valence-electron chi connectivity index (χ1n) is 4.42. The van der Waals surface area contributed by atoms with Gasteiger partial charge in [-0.05, 0) is 20.0 Å². The molecular weight excluding hydrogens is 198 g/mol. The van der Waals surface area contributed by atoms with Crippen molar-refractivity contribution >= 4 is 16.3 Å². The molecule has 0 saturated heterocycles. The first-order chi connectivity index (χ1) is 6.81. The number of nitrogens with one attached hydrogen (secondary N) is 1. The van der Waals surface area contributed by atoms with Crippen LogP contribution in [0.5, 0.6) is 0 Å². The summed E-state index contributed by atoms with van der Waals surface area (Å²) in [5, 5.41) is 3.07. The molecule has 74 valence electrons. The number of thiazole rings is 1. The molecule has 2 aromatic heterocycles. The second kappa shape index (κ2) is 3.89. The van der Waals surface area contributed by atoms with Gasteiger partial charge < -0.3 is 5.32 Å². The van der Waals surface area contributed by atoms with Gasteiger partial charge in [0, 0.05) is 23.3 Å². The van der Waals surface area contributed by atoms with Gasteiger partial charge in [0.25, 0.3) is 5.56 Å². The maximum Gasteiger partial charge on any atom is 0.258 e. The summed E-state index contributed by atoms with van der Waals surface area (Å²) < 4.78 is 1.59. The Balaban J connectivity index is 2.41. The van der Waals surface area contributed by atoms with Crippen molar-refractivity contribution in [2.75, 3.05) is 13.6 Å². The third kappa shape index (κ3) is 1.69. The minimum atomic E-state index is -0.0121. The molecule has 5 heteroatoms. The molecule has 1 N–H and O–H groups in total. The third-order valence-electron chi connectivity index (χ3n) is 1.96. The second-order valence-corrected chi connectivity index (χ2v) is 4.08. The zero-order chi connectivity index (χ0) is 9.97. The van der Waals surface area contributed by atoms with E-state index in [0.717, 1.165) is 17.9 Å². The van der Waals surface area contributed by atoms with Crippen LogP contribution in [0.2, 0.25) is 0 Å². The molecule has 0 fully saturated rings. The molecule has 2 heterocycles. The predicted molar refractivity (Wildman–Crippen MR) is 57.0 cm³/mol. The van der Waals surface area contributed by atoms with Crippen molar-refractivity contribution in [3.05, 3.63) is 33.7 Å². The Bertz CT molecular complexity index is 488. The molecule has 0 spiro atoms. The van der Waals surface area contributed by atoms with Gasteiger partial charge in [-0.2, -0.15) is 0 Å². The highest BCUT2D eigenvalue weighted by atomic mass is 32.1. The molecule has 0 aromatic carbocycles. The van der Waals surface area contributed by atoms with Crippen LogP contribution in [-0.4, -0.2) is 23.0 Å². The minimum absolute atomic E-state index is 0.0121. The molecule has 0 aliphatic carbocycles. The Morgan fingerprint density at radius 1 is 1.64 bits per heavy atom. The molecule has 0 bridgehead atoms. The van der Waals surface area contributed by atoms with Crippen LogP contribution in [0.25, 0.3) is 4.96 Å². The lowest BCUT2D eigenvalue weighted by molar-refractivity contribution is 0.796. The Morgan fingerprint density at radius 2 is 2.50 bits per heavy atom. The molecule has 14 heavy (non-hydrogen) atoms. The van der Waals surface area contributed by atoms with Crippen LogP contribution in [0.1, 0.15) is 4.88 Å². The number of hydrogen-bond acceptors (Lipinski definition) is 4. The number of likely N-dealkylation sites (N-methyl/N-ethyl adjacent to an activating group) is 1. The van der Waals surface area contributed by atoms with Gasteiger partial charge >= 0.3 is 0 Å². The van der Waals surface area contributed by atoms with Gasteiger partial charge in [-0.25, -0.2) is 4.98 Å². The van der Waals surface area contributed by atoms with E-state index in [1.807, 2.05) is 13.2 Å². The van der Waals surface area contributed by atoms with Crippen molar-refractivity contribution in [3.8, 4) is 0 Å². The molecule has 4 nitrogen and oxygen atoms in total. The lowest BCUT2D eigenvalue weighted by Gasteiger charge is -1.92. The first-order valence-corrected chi connectivity index (χ1v) is 5.23. The van der Waals surface area contributed by atoms with E-state index >= 15 is 0 Å². The van der Waals surface area contributed by atoms with Crippen LogP contribution in [0.3, 0.4) is 0 Å². The molecule has 0 aliphatic rings. The standard InChI is InChI=1S/C9H11N3OS/c1-10-4-2-7-6-12-8(13)3-5-11-9(12)14-7/h3,5-6,10H,2,4H2,1H3. The summed E-state index contributed by atoms with van der Waals surface area (Å²) in [5.74, 6) is 0. The van der Waals surface area contributed by atoms with Crippen LogP contribution in [0.15, 0.2) is 23.3 Å². The van der Waals surface area contributed by atoms with Crippen LogP contribution in [-0.2, 0) is 6.42 Å². The zero-order valence-corrected chi connectivity index (χ0v) is 8.67. The van der Waals surface area contributed by atoms with E-state index in [2.05, 4.69) is 10.3 Å². The summed E-state index contributed by atoms with van der Waals surface area (Å²) in [6.45, 7) is 0.918. The van der Waals surface area contributed by atoms with Crippen molar-refractivity contribution in [2.24, 2.45) is 0 Å². The maximum absolute atomic E-state index is 11.4. The van der Waals surface area contributed by atoms with Crippen molar-refractivity contribution < 1.29 is 0 Å². The minimum Gasteiger partial charge on any atom is -0.319 e. The topological polar surface area (TPSA) is 46.4 Å². The number of rotatable bonds is 3. The molecule has 0 aliphatic heterocycles. The monoisotopic (exact) mass is 209 g/mol. The van der Waals surface area contributed by atoms with Gasteiger partial charge in [-0.15, -0.1) is 11.3 Å². The SMILES string of the molecule is CNCCc1cn2c(=O)ccnc2s1. The number of aromatic nitrogens is 2. The Kier molecular flexibility index (Phi) is 2.60. The lowest BCUT2D eigenvalue weighted by atomic mass is 10.4. The highest BCUT2D eigenvalue weighted by Crippen LogP contribution is 2.13. The predicted octanol–water partition coefficient (Wildman–Crippen LogP) is 0.518. The van der Waals surface area contributed by atoms with Crippen LogP contribution >= 0.6 is 11.3 Å². The van der Waals surface area contributed by atoms with Gasteiger partial charge in [-0.3, -0.25) is 9.20 Å². The Labute approximate surface area is 85.2 Å². The van der Waals surface area contributed by atoms with E-state index in [0.29, 0.717) is 0 Å². The van der Waals surface area contributed by atoms with E-state index in [9.17, 15) is 4.79 Å². The highest BCUT2D eigenvalue weighted by molar-refractivity contribution is 7.17. The van der Waals surface area contributed by atoms with Gasteiger partial charge in [0.15, 0.2) is 4.96 Å². The molecule has 0 unspecified atom stereocenters. The summed E-state index contributed by atoms with van der Waals surface area (Å²) >= 11 is 1.56. The van der Waals surface area contributed by atoms with Gasteiger partial charge in [0.1, 0.15) is 0 Å². The fourth-order valence-electron chi connectivity index (χ4n) is 1.25. The van der Waals surface area contributed by atoms with Crippen molar-refractivity contribution in [3.63, 3.8) is 0 Å². The largest absolute Gasteiger partial charge is 0.319 e. The van der Waals surface area contributed by atoms with E-state index in [1.54, 1.807) is 21.9 Å². The molecule has 0 amide bonds.